The summed E-state index contributed by atoms with van der Waals surface area (Å²) in [4.78, 5) is 0. The molecular weight excluding hydrogens is 348 g/mol. The van der Waals surface area contributed by atoms with Crippen LogP contribution in [0, 0.1) is 43.3 Å². The summed E-state index contributed by atoms with van der Waals surface area (Å²) in [6.07, 6.45) is 18.1. The van der Waals surface area contributed by atoms with E-state index in [1.54, 1.807) is 0 Å². The Labute approximate surface area is 183 Å². The molecule has 0 unspecified atom stereocenters. The molecule has 0 radical (unpaired) electrons. The molecular formula is C29H52. The molecule has 8 bridgehead atoms. The fourth-order valence-electron chi connectivity index (χ4n) is 13.9. The van der Waals surface area contributed by atoms with Crippen LogP contribution < -0.4 is 0 Å². The second-order valence-electron chi connectivity index (χ2n) is 16.6. The molecule has 0 nitrogen and oxygen atoms in total. The monoisotopic (exact) mass is 400 g/mol. The van der Waals surface area contributed by atoms with E-state index in [0.717, 1.165) is 0 Å². The van der Waals surface area contributed by atoms with E-state index in [1.165, 1.54) is 77.0 Å². The predicted molar refractivity (Wildman–Crippen MR) is 127 cm³/mol. The summed E-state index contributed by atoms with van der Waals surface area (Å²) >= 11 is 0. The Morgan fingerprint density at radius 3 is 0.379 bits per heavy atom. The second kappa shape index (κ2) is 5.67. The Bertz CT molecular complexity index is 446. The smallest absolute Gasteiger partial charge is 0.0310 e. The molecule has 0 aromatic heterocycles. The highest BCUT2D eigenvalue weighted by Gasteiger charge is 2.63. The van der Waals surface area contributed by atoms with Crippen molar-refractivity contribution in [3.63, 3.8) is 0 Å². The van der Waals surface area contributed by atoms with Gasteiger partial charge in [-0.1, -0.05) is 62.8 Å². The summed E-state index contributed by atoms with van der Waals surface area (Å²) in [6.45, 7) is 20.4. The summed E-state index contributed by atoms with van der Waals surface area (Å²) in [7, 11) is 0. The molecule has 0 aromatic carbocycles. The van der Waals surface area contributed by atoms with Crippen molar-refractivity contribution in [1.82, 2.24) is 0 Å². The third-order valence-corrected chi connectivity index (χ3v) is 10.2. The summed E-state index contributed by atoms with van der Waals surface area (Å²) in [5.41, 5.74) is 5.50. The van der Waals surface area contributed by atoms with Crippen molar-refractivity contribution >= 4 is 0 Å². The van der Waals surface area contributed by atoms with Crippen molar-refractivity contribution in [2.24, 2.45) is 43.3 Å². The van der Waals surface area contributed by atoms with Crippen LogP contribution in [0.2, 0.25) is 0 Å². The van der Waals surface area contributed by atoms with Crippen LogP contribution in [-0.4, -0.2) is 0 Å². The molecule has 8 saturated carbocycles. The first-order chi connectivity index (χ1) is 12.5. The van der Waals surface area contributed by atoms with E-state index < -0.39 is 0 Å². The molecule has 0 saturated heterocycles. The molecule has 29 heavy (non-hydrogen) atoms. The average Bonchev–Trinajstić information content (AvgIpc) is 2.21. The van der Waals surface area contributed by atoms with Crippen LogP contribution in [-0.2, 0) is 0 Å². The zero-order valence-corrected chi connectivity index (χ0v) is 20.5. The number of hydrogen-bond donors (Lipinski definition) is 0. The van der Waals surface area contributed by atoms with E-state index >= 15 is 0 Å². The first-order valence-corrected chi connectivity index (χ1v) is 12.5. The number of hydrogen-bond acceptors (Lipinski definition) is 0. The molecule has 8 fully saturated rings. The van der Waals surface area contributed by atoms with Crippen molar-refractivity contribution in [2.45, 2.75) is 140 Å². The van der Waals surface area contributed by atoms with E-state index in [9.17, 15) is 0 Å². The number of rotatable bonds is 0. The van der Waals surface area contributed by atoms with Crippen LogP contribution in [0.1, 0.15) is 140 Å². The van der Waals surface area contributed by atoms with Gasteiger partial charge < -0.3 is 0 Å². The first kappa shape index (κ1) is 22.2. The lowest BCUT2D eigenvalue weighted by Crippen LogP contribution is -2.57. The minimum absolute atomic E-state index is 0. The van der Waals surface area contributed by atoms with Crippen molar-refractivity contribution in [2.75, 3.05) is 0 Å². The topological polar surface area (TPSA) is 0 Å². The molecule has 0 aliphatic heterocycles. The van der Waals surface area contributed by atoms with E-state index in [1.807, 2.05) is 0 Å². The maximum Gasteiger partial charge on any atom is -0.0310 e. The molecule has 0 N–H and O–H groups in total. The van der Waals surface area contributed by atoms with Gasteiger partial charge in [0.05, 0.1) is 0 Å². The van der Waals surface area contributed by atoms with Gasteiger partial charge in [0, 0.05) is 0 Å². The molecule has 0 atom stereocenters. The maximum absolute atomic E-state index is 2.55. The Morgan fingerprint density at radius 1 is 0.241 bits per heavy atom. The molecule has 0 heterocycles. The van der Waals surface area contributed by atoms with Crippen molar-refractivity contribution in [3.8, 4) is 0 Å². The largest absolute Gasteiger partial charge is 0.0776 e. The highest BCUT2D eigenvalue weighted by Crippen LogP contribution is 2.74. The third-order valence-electron chi connectivity index (χ3n) is 10.2. The Morgan fingerprint density at radius 2 is 0.310 bits per heavy atom. The first-order valence-electron chi connectivity index (χ1n) is 12.5. The minimum Gasteiger partial charge on any atom is -0.0776 e. The van der Waals surface area contributed by atoms with Crippen LogP contribution >= 0.6 is 0 Å². The lowest BCUT2D eigenvalue weighted by atomic mass is 9.37. The fourth-order valence-corrected chi connectivity index (χ4v) is 13.9. The van der Waals surface area contributed by atoms with Gasteiger partial charge in [0.2, 0.25) is 0 Å². The normalized spacial score (nSPS) is 63.7. The third kappa shape index (κ3) is 3.65. The van der Waals surface area contributed by atoms with Gasteiger partial charge in [-0.2, -0.15) is 0 Å². The summed E-state index contributed by atoms with van der Waals surface area (Å²) in [5, 5.41) is 0. The fraction of sp³-hybridized carbons (Fsp3) is 1.00. The van der Waals surface area contributed by atoms with Gasteiger partial charge in [-0.15, -0.1) is 0 Å². The zero-order chi connectivity index (χ0) is 20.5. The summed E-state index contributed by atoms with van der Waals surface area (Å²) in [5.74, 6) is 0. The minimum atomic E-state index is 0. The van der Waals surface area contributed by atoms with Crippen LogP contribution in [0.25, 0.3) is 0 Å². The van der Waals surface area contributed by atoms with Crippen molar-refractivity contribution in [3.05, 3.63) is 0 Å². The van der Waals surface area contributed by atoms with Crippen LogP contribution in [0.15, 0.2) is 0 Å². The molecule has 8 rings (SSSR count). The highest BCUT2D eigenvalue weighted by atomic mass is 14.7. The van der Waals surface area contributed by atoms with Gasteiger partial charge in [0.15, 0.2) is 0 Å². The van der Waals surface area contributed by atoms with Gasteiger partial charge in [-0.05, 0) is 120 Å². The van der Waals surface area contributed by atoms with Gasteiger partial charge >= 0.3 is 0 Å². The quantitative estimate of drug-likeness (QED) is 0.380. The predicted octanol–water partition coefficient (Wildman–Crippen LogP) is 9.42. The van der Waals surface area contributed by atoms with Crippen molar-refractivity contribution < 1.29 is 0 Å². The zero-order valence-electron chi connectivity index (χ0n) is 20.5. The second-order valence-corrected chi connectivity index (χ2v) is 16.6. The van der Waals surface area contributed by atoms with Gasteiger partial charge in [0.25, 0.3) is 0 Å². The van der Waals surface area contributed by atoms with E-state index in [2.05, 4.69) is 55.4 Å². The summed E-state index contributed by atoms with van der Waals surface area (Å²) < 4.78 is 0. The Kier molecular flexibility index (Phi) is 4.34. The van der Waals surface area contributed by atoms with Crippen molar-refractivity contribution in [1.29, 1.82) is 0 Å². The standard InChI is InChI=1S/2C14H24.CH4/c2*1-11-5-12(2)8-13(3,6-11)10-14(4,7-11)9-12;/h2*5-10H2,1-4H3;1H4. The lowest BCUT2D eigenvalue weighted by Gasteiger charge is -2.68. The van der Waals surface area contributed by atoms with Gasteiger partial charge in [-0.25, -0.2) is 0 Å². The molecule has 0 amide bonds. The Balaban J connectivity index is 0.000000137. The van der Waals surface area contributed by atoms with E-state index in [4.69, 9.17) is 0 Å². The van der Waals surface area contributed by atoms with E-state index in [-0.39, 0.29) is 7.43 Å². The Hall–Kier alpha value is 0. The van der Waals surface area contributed by atoms with Crippen LogP contribution in [0.3, 0.4) is 0 Å². The van der Waals surface area contributed by atoms with Crippen LogP contribution in [0.4, 0.5) is 0 Å². The van der Waals surface area contributed by atoms with Gasteiger partial charge in [-0.3, -0.25) is 0 Å². The maximum atomic E-state index is 2.55. The highest BCUT2D eigenvalue weighted by molar-refractivity contribution is 5.14. The molecule has 8 aliphatic rings. The molecule has 8 aliphatic carbocycles. The molecule has 0 aromatic rings. The molecule has 168 valence electrons. The average molecular weight is 401 g/mol. The SMILES string of the molecule is C.CC12CC3(C)CC(C)(C1)CC(C)(C2)C3.CC12CC3(C)CC(C)(C1)CC(C)(C2)C3. The molecule has 0 spiro atoms. The molecule has 0 heteroatoms. The lowest BCUT2D eigenvalue weighted by molar-refractivity contribution is -0.176. The van der Waals surface area contributed by atoms with Crippen LogP contribution in [0.5, 0.6) is 0 Å². The summed E-state index contributed by atoms with van der Waals surface area (Å²) in [6, 6.07) is 0. The van der Waals surface area contributed by atoms with E-state index in [0.29, 0.717) is 43.3 Å². The van der Waals surface area contributed by atoms with Gasteiger partial charge in [0.1, 0.15) is 0 Å².